The van der Waals surface area contributed by atoms with Gasteiger partial charge in [0, 0.05) is 18.5 Å². The minimum atomic E-state index is 0.655. The van der Waals surface area contributed by atoms with Gasteiger partial charge in [-0.3, -0.25) is 0 Å². The molecule has 0 saturated heterocycles. The smallest absolute Gasteiger partial charge is 0.126 e. The van der Waals surface area contributed by atoms with Crippen LogP contribution >= 0.6 is 0 Å². The number of ether oxygens (including phenoxy) is 1. The van der Waals surface area contributed by atoms with Crippen LogP contribution in [0.3, 0.4) is 0 Å². The van der Waals surface area contributed by atoms with Crippen molar-refractivity contribution in [1.29, 1.82) is 0 Å². The Bertz CT molecular complexity index is 387. The summed E-state index contributed by atoms with van der Waals surface area (Å²) < 4.78 is 5.78. The van der Waals surface area contributed by atoms with Gasteiger partial charge in [-0.25, -0.2) is 0 Å². The summed E-state index contributed by atoms with van der Waals surface area (Å²) in [5, 5.41) is 3.15. The Kier molecular flexibility index (Phi) is 5.45. The van der Waals surface area contributed by atoms with Crippen molar-refractivity contribution in [2.75, 3.05) is 13.7 Å². The van der Waals surface area contributed by atoms with E-state index in [9.17, 15) is 0 Å². The first-order chi connectivity index (χ1) is 7.79. The van der Waals surface area contributed by atoms with Gasteiger partial charge in [-0.1, -0.05) is 18.2 Å². The SMILES string of the molecule is CC#CCCOc1c(C)cccc1CNC. The number of nitrogens with one attached hydrogen (secondary N) is 1. The molecule has 86 valence electrons. The molecule has 0 radical (unpaired) electrons. The van der Waals surface area contributed by atoms with E-state index in [-0.39, 0.29) is 0 Å². The predicted octanol–water partition coefficient (Wildman–Crippen LogP) is 2.51. The molecule has 0 heterocycles. The summed E-state index contributed by atoms with van der Waals surface area (Å²) in [6.45, 7) is 5.40. The van der Waals surface area contributed by atoms with Crippen molar-refractivity contribution in [3.63, 3.8) is 0 Å². The first kappa shape index (κ1) is 12.6. The molecule has 0 atom stereocenters. The molecule has 0 unspecified atom stereocenters. The van der Waals surface area contributed by atoms with Crippen LogP contribution in [0.1, 0.15) is 24.5 Å². The van der Waals surface area contributed by atoms with Gasteiger partial charge in [0.25, 0.3) is 0 Å². The molecule has 1 aromatic carbocycles. The topological polar surface area (TPSA) is 21.3 Å². The van der Waals surface area contributed by atoms with Crippen molar-refractivity contribution >= 4 is 0 Å². The zero-order chi connectivity index (χ0) is 11.8. The molecule has 0 aliphatic rings. The van der Waals surface area contributed by atoms with Crippen LogP contribution < -0.4 is 10.1 Å². The second-order valence-electron chi connectivity index (χ2n) is 3.62. The van der Waals surface area contributed by atoms with Gasteiger partial charge in [0.1, 0.15) is 5.75 Å². The minimum absolute atomic E-state index is 0.655. The Labute approximate surface area is 98.0 Å². The third-order valence-corrected chi connectivity index (χ3v) is 2.31. The largest absolute Gasteiger partial charge is 0.492 e. The lowest BCUT2D eigenvalue weighted by atomic mass is 10.1. The summed E-state index contributed by atoms with van der Waals surface area (Å²) >= 11 is 0. The van der Waals surface area contributed by atoms with E-state index in [1.807, 2.05) is 14.0 Å². The molecule has 2 heteroatoms. The molecule has 0 saturated carbocycles. The quantitative estimate of drug-likeness (QED) is 0.604. The van der Waals surface area contributed by atoms with Crippen LogP contribution in [0.4, 0.5) is 0 Å². The zero-order valence-electron chi connectivity index (χ0n) is 10.3. The predicted molar refractivity (Wildman–Crippen MR) is 67.5 cm³/mol. The third-order valence-electron chi connectivity index (χ3n) is 2.31. The van der Waals surface area contributed by atoms with E-state index in [0.717, 1.165) is 18.7 Å². The fourth-order valence-corrected chi connectivity index (χ4v) is 1.58. The highest BCUT2D eigenvalue weighted by Gasteiger charge is 2.05. The maximum atomic E-state index is 5.78. The summed E-state index contributed by atoms with van der Waals surface area (Å²) in [5.74, 6) is 6.86. The van der Waals surface area contributed by atoms with Crippen molar-refractivity contribution in [3.05, 3.63) is 29.3 Å². The molecule has 0 aromatic heterocycles. The van der Waals surface area contributed by atoms with E-state index in [2.05, 4.69) is 42.3 Å². The summed E-state index contributed by atoms with van der Waals surface area (Å²) in [7, 11) is 1.94. The average molecular weight is 217 g/mol. The van der Waals surface area contributed by atoms with Crippen molar-refractivity contribution in [1.82, 2.24) is 5.32 Å². The summed E-state index contributed by atoms with van der Waals surface area (Å²) in [4.78, 5) is 0. The monoisotopic (exact) mass is 217 g/mol. The molecule has 0 fully saturated rings. The molecule has 0 aliphatic heterocycles. The second kappa shape index (κ2) is 6.92. The molecule has 0 bridgehead atoms. The van der Waals surface area contributed by atoms with E-state index < -0.39 is 0 Å². The average Bonchev–Trinajstić information content (AvgIpc) is 2.28. The fourth-order valence-electron chi connectivity index (χ4n) is 1.58. The van der Waals surface area contributed by atoms with Gasteiger partial charge >= 0.3 is 0 Å². The van der Waals surface area contributed by atoms with Crippen molar-refractivity contribution in [2.45, 2.75) is 26.8 Å². The van der Waals surface area contributed by atoms with Crippen molar-refractivity contribution < 1.29 is 4.74 Å². The Morgan fingerprint density at radius 2 is 2.19 bits per heavy atom. The van der Waals surface area contributed by atoms with Crippen LogP contribution in [0, 0.1) is 18.8 Å². The lowest BCUT2D eigenvalue weighted by Crippen LogP contribution is -2.08. The molecule has 0 amide bonds. The molecular formula is C14H19NO. The number of hydrogen-bond acceptors (Lipinski definition) is 2. The van der Waals surface area contributed by atoms with E-state index in [1.165, 1.54) is 11.1 Å². The number of para-hydroxylation sites is 1. The Morgan fingerprint density at radius 1 is 1.38 bits per heavy atom. The van der Waals surface area contributed by atoms with Crippen LogP contribution in [-0.4, -0.2) is 13.7 Å². The van der Waals surface area contributed by atoms with Crippen molar-refractivity contribution in [2.24, 2.45) is 0 Å². The molecule has 16 heavy (non-hydrogen) atoms. The lowest BCUT2D eigenvalue weighted by Gasteiger charge is -2.13. The molecule has 1 rings (SSSR count). The normalized spacial score (nSPS) is 9.44. The van der Waals surface area contributed by atoms with Crippen LogP contribution in [-0.2, 0) is 6.54 Å². The maximum absolute atomic E-state index is 5.78. The van der Waals surface area contributed by atoms with Gasteiger partial charge < -0.3 is 10.1 Å². The van der Waals surface area contributed by atoms with Gasteiger partial charge in [0.05, 0.1) is 6.61 Å². The van der Waals surface area contributed by atoms with Crippen LogP contribution in [0.25, 0.3) is 0 Å². The van der Waals surface area contributed by atoms with E-state index in [0.29, 0.717) is 6.61 Å². The second-order valence-corrected chi connectivity index (χ2v) is 3.62. The van der Waals surface area contributed by atoms with Gasteiger partial charge in [-0.15, -0.1) is 11.8 Å². The number of hydrogen-bond donors (Lipinski definition) is 1. The van der Waals surface area contributed by atoms with Crippen LogP contribution in [0.2, 0.25) is 0 Å². The highest BCUT2D eigenvalue weighted by Crippen LogP contribution is 2.23. The first-order valence-corrected chi connectivity index (χ1v) is 5.55. The van der Waals surface area contributed by atoms with Gasteiger partial charge in [0.15, 0.2) is 0 Å². The summed E-state index contributed by atoms with van der Waals surface area (Å²) in [5.41, 5.74) is 2.38. The standard InChI is InChI=1S/C14H19NO/c1-4-5-6-10-16-14-12(2)8-7-9-13(14)11-15-3/h7-9,15H,6,10-11H2,1-3H3. The molecule has 0 spiro atoms. The lowest BCUT2D eigenvalue weighted by molar-refractivity contribution is 0.321. The van der Waals surface area contributed by atoms with Gasteiger partial charge in [-0.05, 0) is 26.5 Å². The van der Waals surface area contributed by atoms with E-state index >= 15 is 0 Å². The summed E-state index contributed by atoms with van der Waals surface area (Å²) in [6, 6.07) is 6.21. The minimum Gasteiger partial charge on any atom is -0.492 e. The number of rotatable bonds is 5. The van der Waals surface area contributed by atoms with Gasteiger partial charge in [-0.2, -0.15) is 0 Å². The third kappa shape index (κ3) is 3.60. The van der Waals surface area contributed by atoms with Crippen LogP contribution in [0.5, 0.6) is 5.75 Å². The van der Waals surface area contributed by atoms with Gasteiger partial charge in [0.2, 0.25) is 0 Å². The number of benzene rings is 1. The maximum Gasteiger partial charge on any atom is 0.126 e. The highest BCUT2D eigenvalue weighted by atomic mass is 16.5. The Morgan fingerprint density at radius 3 is 2.88 bits per heavy atom. The number of aryl methyl sites for hydroxylation is 1. The molecule has 2 nitrogen and oxygen atoms in total. The fraction of sp³-hybridized carbons (Fsp3) is 0.429. The van der Waals surface area contributed by atoms with Crippen LogP contribution in [0.15, 0.2) is 18.2 Å². The molecule has 1 aromatic rings. The molecule has 0 aliphatic carbocycles. The Hall–Kier alpha value is -1.46. The van der Waals surface area contributed by atoms with Crippen molar-refractivity contribution in [3.8, 4) is 17.6 Å². The Balaban J connectivity index is 2.70. The molecular weight excluding hydrogens is 198 g/mol. The zero-order valence-corrected chi connectivity index (χ0v) is 10.3. The van der Waals surface area contributed by atoms with E-state index in [1.54, 1.807) is 0 Å². The van der Waals surface area contributed by atoms with E-state index in [4.69, 9.17) is 4.74 Å². The molecule has 1 N–H and O–H groups in total. The highest BCUT2D eigenvalue weighted by molar-refractivity contribution is 5.40. The summed E-state index contributed by atoms with van der Waals surface area (Å²) in [6.07, 6.45) is 0.782. The first-order valence-electron chi connectivity index (χ1n) is 5.55.